The third kappa shape index (κ3) is 30.2. The number of aliphatic hydroxyl groups is 1. The number of para-hydroxylation sites is 2. The quantitative estimate of drug-likeness (QED) is 0.0130. The normalized spacial score (nSPS) is 24.4. The number of hydrogen-bond donors (Lipinski definition) is 21. The molecule has 3 aromatic carbocycles. The third-order valence-electron chi connectivity index (χ3n) is 24.5. The van der Waals surface area contributed by atoms with E-state index in [1.165, 1.54) is 52.7 Å². The first kappa shape index (κ1) is 108. The van der Waals surface area contributed by atoms with Crippen LogP contribution < -0.4 is 81.4 Å². The number of carboxylic acid groups (broad SMARTS) is 1. The average Bonchev–Trinajstić information content (AvgIpc) is 1.70. The van der Waals surface area contributed by atoms with Gasteiger partial charge in [-0.2, -0.15) is 0 Å². The number of carbonyl (C=O) groups excluding carboxylic acids is 17. The number of aromatic nitrogens is 4. The van der Waals surface area contributed by atoms with Crippen LogP contribution in [0.1, 0.15) is 139 Å². The third-order valence-corrected chi connectivity index (χ3v) is 25.5. The number of aromatic amines is 3. The minimum atomic E-state index is -1.85. The molecule has 17 amide bonds. The van der Waals surface area contributed by atoms with Gasteiger partial charge in [0, 0.05) is 131 Å². The number of nitrogens with one attached hydrogen (secondary N) is 15. The summed E-state index contributed by atoms with van der Waals surface area (Å²) in [5, 5.41) is 59.5. The Labute approximate surface area is 799 Å². The molecule has 0 bridgehead atoms. The molecule has 0 unspecified atom stereocenters. The predicted octanol–water partition coefficient (Wildman–Crippen LogP) is -3.32. The summed E-state index contributed by atoms with van der Waals surface area (Å²) in [6, 6.07) is -3.67. The molecular weight excluding hydrogens is 1810 g/mol. The highest BCUT2D eigenvalue weighted by Gasteiger charge is 2.47. The number of fused-ring (bicyclic) bond motifs is 4. The zero-order valence-electron chi connectivity index (χ0n) is 77.8. The number of imidazole rings is 1. The topological polar surface area (TPSA) is 684 Å². The number of unbranched alkanes of at least 4 members (excludes halogenated alkanes) is 2. The highest BCUT2D eigenvalue weighted by Crippen LogP contribution is 2.28. The number of benzene rings is 3. The van der Waals surface area contributed by atoms with E-state index in [4.69, 9.17) is 28.3 Å². The molecule has 15 atom stereocenters. The zero-order valence-corrected chi connectivity index (χ0v) is 78.6. The first-order chi connectivity index (χ1) is 65.8. The Bertz CT molecular complexity index is 5350. The fourth-order valence-corrected chi connectivity index (χ4v) is 17.7. The van der Waals surface area contributed by atoms with Crippen molar-refractivity contribution < 1.29 is 101 Å². The van der Waals surface area contributed by atoms with Gasteiger partial charge in [0.05, 0.1) is 31.1 Å². The lowest BCUT2D eigenvalue weighted by atomic mass is 9.99. The number of likely N-dealkylation sites (N-methyl/N-ethyl adjacent to an activating group) is 3. The van der Waals surface area contributed by atoms with Crippen LogP contribution in [0.15, 0.2) is 97.7 Å². The first-order valence-electron chi connectivity index (χ1n) is 45.8. The van der Waals surface area contributed by atoms with Crippen LogP contribution in [0.2, 0.25) is 0 Å². The van der Waals surface area contributed by atoms with Gasteiger partial charge in [0.15, 0.2) is 5.96 Å². The molecule has 138 heavy (non-hydrogen) atoms. The number of amides is 17. The fraction of sp³-hybridized carbons (Fsp3) is 0.516. The van der Waals surface area contributed by atoms with Crippen LogP contribution in [-0.4, -0.2) is 323 Å². The standard InChI is InChI=1S/C91H126FN25O20S/c1-7-9-22-69-83(130)106-60(21-15-33-99-91(96)97)79(126)112-68(78(125)102-44-74(95)120)46-138-47-75(121)104-65(35-50-25-27-53(92)28-26-50)86(133)113(4)49(3)77(124)110-67(40-73(94)119)89(136)116-34-16-24-70(116)84(131)109-64(38-54-43-98-48-103-54)82(129)107-62(29-30-76(122)123)88(135)117-45-55(118)39-72(117)85(132)108-63(36-51-41-100-58-19-13-11-17-56(51)58)81(128)105-61(31-32-93)80(127)111-66(37-52-42-101-59-20-14-12-18-57(52)59)87(134)115(6)71(23-10-8-2)90(137)114(69)5/h11-14,17-20,25-28,41-43,48-49,55,60-72,100-101,118H,7-10,15-16,21-24,29-40,44-47,93H2,1-6H3,(H2,94,119)(H2,95,120)(H,98,103)(H,102,125)(H,104,121)(H,105,128)(H,106,130)(H,107,129)(H,108,132)(H,109,131)(H,110,124)(H,111,127)(H,112,126)(H,122,123)(H4,96,97,99)/t49-,55+,60-,61-,62-,63-,64-,65-,66-,67+,68-,69-,70-,71-,72-/m0/s1. The number of carbonyl (C=O) groups is 18. The second-order valence-corrected chi connectivity index (χ2v) is 35.7. The monoisotopic (exact) mass is 1940 g/mol. The molecule has 3 saturated heterocycles. The maximum absolute atomic E-state index is 15.9. The van der Waals surface area contributed by atoms with E-state index in [1.807, 2.05) is 13.8 Å². The smallest absolute Gasteiger partial charge is 0.303 e. The van der Waals surface area contributed by atoms with Crippen molar-refractivity contribution >= 4 is 146 Å². The number of aliphatic hydroxyl groups excluding tert-OH is 1. The Kier molecular flexibility index (Phi) is 40.3. The molecule has 0 saturated carbocycles. The number of guanidine groups is 1. The number of H-pyrrole nitrogens is 3. The zero-order chi connectivity index (χ0) is 101. The number of nitrogens with zero attached hydrogens (tertiary/aromatic N) is 6. The van der Waals surface area contributed by atoms with E-state index in [-0.39, 0.29) is 89.5 Å². The molecule has 6 aromatic rings. The number of aliphatic carboxylic acids is 1. The predicted molar refractivity (Wildman–Crippen MR) is 502 cm³/mol. The van der Waals surface area contributed by atoms with Crippen molar-refractivity contribution in [3.8, 4) is 0 Å². The van der Waals surface area contributed by atoms with Crippen molar-refractivity contribution in [2.75, 3.05) is 65.4 Å². The van der Waals surface area contributed by atoms with E-state index in [0.29, 0.717) is 64.2 Å². The molecule has 3 aliphatic rings. The molecule has 9 rings (SSSR count). The number of halogens is 1. The van der Waals surface area contributed by atoms with Gasteiger partial charge in [-0.25, -0.2) is 9.37 Å². The summed E-state index contributed by atoms with van der Waals surface area (Å²) in [7, 11) is 3.87. The van der Waals surface area contributed by atoms with Gasteiger partial charge in [-0.3, -0.25) is 91.7 Å². The van der Waals surface area contributed by atoms with Gasteiger partial charge >= 0.3 is 5.97 Å². The summed E-state index contributed by atoms with van der Waals surface area (Å²) >= 11 is 0.734. The van der Waals surface area contributed by atoms with Crippen LogP contribution in [0, 0.1) is 11.2 Å². The molecule has 3 fully saturated rings. The van der Waals surface area contributed by atoms with E-state index in [0.717, 1.165) is 48.4 Å². The van der Waals surface area contributed by atoms with Gasteiger partial charge in [0.1, 0.15) is 90.4 Å². The molecule has 45 nitrogen and oxygen atoms in total. The lowest BCUT2D eigenvalue weighted by Gasteiger charge is -2.36. The van der Waals surface area contributed by atoms with E-state index < -0.39 is 266 Å². The van der Waals surface area contributed by atoms with Gasteiger partial charge in [0.2, 0.25) is 100 Å². The second-order valence-electron chi connectivity index (χ2n) is 34.6. The summed E-state index contributed by atoms with van der Waals surface area (Å²) in [5.41, 5.74) is 25.8. The molecule has 6 heterocycles. The molecular formula is C91H126FN25O20S. The van der Waals surface area contributed by atoms with Crippen LogP contribution in [-0.2, 0) is 112 Å². The molecule has 0 spiro atoms. The van der Waals surface area contributed by atoms with Gasteiger partial charge in [-0.1, -0.05) is 88.1 Å². The summed E-state index contributed by atoms with van der Waals surface area (Å²) < 4.78 is 14.4. The largest absolute Gasteiger partial charge is 0.481 e. The van der Waals surface area contributed by atoms with Crippen molar-refractivity contribution in [1.29, 1.82) is 5.41 Å². The van der Waals surface area contributed by atoms with Crippen LogP contribution in [0.3, 0.4) is 0 Å². The minimum absolute atomic E-state index is 0.0136. The molecule has 3 aliphatic heterocycles. The van der Waals surface area contributed by atoms with E-state index >= 15 is 38.4 Å². The molecule has 748 valence electrons. The van der Waals surface area contributed by atoms with Crippen molar-refractivity contribution in [3.63, 3.8) is 0 Å². The van der Waals surface area contributed by atoms with Crippen LogP contribution in [0.4, 0.5) is 4.39 Å². The molecule has 0 aliphatic carbocycles. The molecule has 3 aromatic heterocycles. The van der Waals surface area contributed by atoms with Crippen LogP contribution in [0.5, 0.6) is 0 Å². The van der Waals surface area contributed by atoms with Gasteiger partial charge in [-0.05, 0) is 106 Å². The van der Waals surface area contributed by atoms with Crippen molar-refractivity contribution in [1.82, 2.24) is 103 Å². The van der Waals surface area contributed by atoms with Gasteiger partial charge in [-0.15, -0.1) is 11.8 Å². The van der Waals surface area contributed by atoms with Crippen LogP contribution >= 0.6 is 11.8 Å². The SMILES string of the molecule is CCCC[C@H]1C(=O)N(C)[C@@H](CCCC)C(=O)N[C@@H](CCCNC(=N)N)C(=O)N[C@H](C(=O)NCC(N)=O)CSCC(=O)N[C@@H](Cc2ccc(F)cc2)C(=O)N(C)[C@@H](C)C(=O)N[C@H](CC(N)=O)C(=O)N2CCC[C@H]2C(=O)N[C@@H](Cc2cnc[nH]2)C(=O)N[C@@H](CCC(=O)O)C(=O)N2C[C@H](O)C[C@H]2C(=O)N[C@@H](Cc2c[nH]c3ccccc23)C(=O)N[C@@H](CCN)C(=O)N[C@@H](Cc2c[nH]c3ccccc23)C(=O)N1C. The van der Waals surface area contributed by atoms with E-state index in [2.05, 4.69) is 78.4 Å². The lowest BCUT2D eigenvalue weighted by Crippen LogP contribution is -2.61. The Morgan fingerprint density at radius 3 is 1.68 bits per heavy atom. The van der Waals surface area contributed by atoms with Crippen molar-refractivity contribution in [3.05, 3.63) is 126 Å². The number of thioether (sulfide) groups is 1. The maximum Gasteiger partial charge on any atom is 0.303 e. The summed E-state index contributed by atoms with van der Waals surface area (Å²) in [4.78, 5) is 282. The number of hydrogen-bond acceptors (Lipinski definition) is 23. The Morgan fingerprint density at radius 1 is 0.543 bits per heavy atom. The van der Waals surface area contributed by atoms with Crippen LogP contribution in [0.25, 0.3) is 21.8 Å². The summed E-state index contributed by atoms with van der Waals surface area (Å²) in [6.45, 7) is 3.09. The Morgan fingerprint density at radius 2 is 1.08 bits per heavy atom. The molecule has 25 N–H and O–H groups in total. The number of rotatable bonds is 28. The lowest BCUT2D eigenvalue weighted by molar-refractivity contribution is -0.149. The molecule has 47 heteroatoms. The Hall–Kier alpha value is -14.1. The minimum Gasteiger partial charge on any atom is -0.481 e. The highest BCUT2D eigenvalue weighted by atomic mass is 32.2. The van der Waals surface area contributed by atoms with Gasteiger partial charge < -0.3 is 131 Å². The van der Waals surface area contributed by atoms with E-state index in [9.17, 15) is 62.5 Å². The van der Waals surface area contributed by atoms with Gasteiger partial charge in [0.25, 0.3) is 0 Å². The molecule has 0 radical (unpaired) electrons. The second kappa shape index (κ2) is 51.7. The van der Waals surface area contributed by atoms with E-state index in [1.54, 1.807) is 60.9 Å². The number of primary amides is 2. The maximum atomic E-state index is 15.9. The number of nitrogens with two attached hydrogens (primary N) is 4. The summed E-state index contributed by atoms with van der Waals surface area (Å²) in [6.07, 6.45) is 1.26. The fourth-order valence-electron chi connectivity index (χ4n) is 16.9. The summed E-state index contributed by atoms with van der Waals surface area (Å²) in [5.74, 6) is -20.4. The average molecular weight is 1940 g/mol. The van der Waals surface area contributed by atoms with Crippen molar-refractivity contribution in [2.45, 2.75) is 233 Å². The number of carboxylic acids is 1. The highest BCUT2D eigenvalue weighted by molar-refractivity contribution is 8.00. The first-order valence-corrected chi connectivity index (χ1v) is 47.0. The Balaban J connectivity index is 1.11. The van der Waals surface area contributed by atoms with Crippen molar-refractivity contribution in [2.24, 2.45) is 22.9 Å².